The predicted octanol–water partition coefficient (Wildman–Crippen LogP) is 2.09. The minimum Gasteiger partial charge on any atom is -0.449 e. The maximum atomic E-state index is 11.7. The Morgan fingerprint density at radius 3 is 3.21 bits per heavy atom. The molecule has 0 bridgehead atoms. The van der Waals surface area contributed by atoms with Crippen LogP contribution in [0.15, 0.2) is 18.2 Å². The van der Waals surface area contributed by atoms with Gasteiger partial charge in [-0.1, -0.05) is 6.07 Å². The number of carbonyl (C=O) groups is 1. The normalized spacial score (nSPS) is 21.7. The van der Waals surface area contributed by atoms with E-state index in [0.29, 0.717) is 19.6 Å². The summed E-state index contributed by atoms with van der Waals surface area (Å²) in [5, 5.41) is 12.1. The van der Waals surface area contributed by atoms with Crippen LogP contribution in [0.3, 0.4) is 0 Å². The van der Waals surface area contributed by atoms with Gasteiger partial charge in [0.25, 0.3) is 0 Å². The van der Waals surface area contributed by atoms with Gasteiger partial charge >= 0.3 is 6.09 Å². The molecule has 0 spiro atoms. The van der Waals surface area contributed by atoms with Gasteiger partial charge in [0, 0.05) is 24.8 Å². The number of amides is 1. The van der Waals surface area contributed by atoms with Crippen LogP contribution in [0, 0.1) is 11.3 Å². The molecule has 1 fully saturated rings. The van der Waals surface area contributed by atoms with Gasteiger partial charge in [0.05, 0.1) is 19.1 Å². The molecule has 0 unspecified atom stereocenters. The van der Waals surface area contributed by atoms with Crippen LogP contribution in [-0.4, -0.2) is 19.2 Å². The Kier molecular flexibility index (Phi) is 3.10. The van der Waals surface area contributed by atoms with E-state index in [0.717, 1.165) is 29.8 Å². The van der Waals surface area contributed by atoms with Crippen LogP contribution in [0.5, 0.6) is 0 Å². The van der Waals surface area contributed by atoms with Crippen LogP contribution in [0.25, 0.3) is 0 Å². The standard InChI is InChI=1S/C14H15N3O2/c15-5-4-13-12-3-2-11(8-10(12)9-16-13)17-6-1-7-19-14(17)18/h2-3,8,13,16H,1,4,6-7,9H2/t13-/m1/s1. The Bertz CT molecular complexity index is 550. The van der Waals surface area contributed by atoms with Gasteiger partial charge in [-0.05, 0) is 29.7 Å². The molecule has 1 amide bonds. The quantitative estimate of drug-likeness (QED) is 0.881. The molecule has 2 heterocycles. The number of cyclic esters (lactones) is 1. The summed E-state index contributed by atoms with van der Waals surface area (Å²) in [5.74, 6) is 0. The van der Waals surface area contributed by atoms with Crippen molar-refractivity contribution in [3.63, 3.8) is 0 Å². The fraction of sp³-hybridized carbons (Fsp3) is 0.429. The summed E-state index contributed by atoms with van der Waals surface area (Å²) in [7, 11) is 0. The van der Waals surface area contributed by atoms with Crippen molar-refractivity contribution in [3.05, 3.63) is 29.3 Å². The van der Waals surface area contributed by atoms with Crippen molar-refractivity contribution in [1.82, 2.24) is 5.32 Å². The molecule has 0 saturated carbocycles. The average molecular weight is 257 g/mol. The van der Waals surface area contributed by atoms with E-state index >= 15 is 0 Å². The van der Waals surface area contributed by atoms with Gasteiger partial charge in [0.15, 0.2) is 0 Å². The Balaban J connectivity index is 1.86. The van der Waals surface area contributed by atoms with Crippen LogP contribution in [0.4, 0.5) is 10.5 Å². The summed E-state index contributed by atoms with van der Waals surface area (Å²) in [6.45, 7) is 1.96. The van der Waals surface area contributed by atoms with Crippen molar-refractivity contribution in [1.29, 1.82) is 5.26 Å². The zero-order valence-corrected chi connectivity index (χ0v) is 10.6. The topological polar surface area (TPSA) is 65.4 Å². The molecule has 0 aliphatic carbocycles. The number of nitriles is 1. The van der Waals surface area contributed by atoms with Crippen LogP contribution in [-0.2, 0) is 11.3 Å². The van der Waals surface area contributed by atoms with Crippen molar-refractivity contribution in [2.24, 2.45) is 0 Å². The van der Waals surface area contributed by atoms with Gasteiger partial charge in [-0.25, -0.2) is 4.79 Å². The van der Waals surface area contributed by atoms with Gasteiger partial charge in [-0.15, -0.1) is 0 Å². The van der Waals surface area contributed by atoms with E-state index in [2.05, 4.69) is 11.4 Å². The second kappa shape index (κ2) is 4.90. The zero-order valence-electron chi connectivity index (χ0n) is 10.6. The maximum Gasteiger partial charge on any atom is 0.414 e. The Morgan fingerprint density at radius 1 is 1.53 bits per heavy atom. The van der Waals surface area contributed by atoms with Crippen molar-refractivity contribution >= 4 is 11.8 Å². The number of nitrogens with zero attached hydrogens (tertiary/aromatic N) is 2. The summed E-state index contributed by atoms with van der Waals surface area (Å²) < 4.78 is 5.05. The Labute approximate surface area is 111 Å². The first-order chi connectivity index (χ1) is 9.29. The second-order valence-electron chi connectivity index (χ2n) is 4.80. The maximum absolute atomic E-state index is 11.7. The van der Waals surface area contributed by atoms with E-state index in [9.17, 15) is 4.79 Å². The Hall–Kier alpha value is -2.06. The highest BCUT2D eigenvalue weighted by Gasteiger charge is 2.25. The number of fused-ring (bicyclic) bond motifs is 1. The molecule has 5 heteroatoms. The van der Waals surface area contributed by atoms with Crippen molar-refractivity contribution in [2.75, 3.05) is 18.1 Å². The summed E-state index contributed by atoms with van der Waals surface area (Å²) in [6.07, 6.45) is 1.06. The predicted molar refractivity (Wildman–Crippen MR) is 69.6 cm³/mol. The molecule has 0 radical (unpaired) electrons. The lowest BCUT2D eigenvalue weighted by Crippen LogP contribution is -2.37. The van der Waals surface area contributed by atoms with Gasteiger partial charge in [0.1, 0.15) is 0 Å². The zero-order chi connectivity index (χ0) is 13.2. The van der Waals surface area contributed by atoms with E-state index in [1.54, 1.807) is 4.90 Å². The molecule has 19 heavy (non-hydrogen) atoms. The summed E-state index contributed by atoms with van der Waals surface area (Å²) >= 11 is 0. The highest BCUT2D eigenvalue weighted by molar-refractivity contribution is 5.88. The number of carbonyl (C=O) groups excluding carboxylic acids is 1. The molecule has 1 saturated heterocycles. The first-order valence-corrected chi connectivity index (χ1v) is 6.47. The van der Waals surface area contributed by atoms with Crippen molar-refractivity contribution in [3.8, 4) is 6.07 Å². The number of hydrogen-bond acceptors (Lipinski definition) is 4. The third-order valence-electron chi connectivity index (χ3n) is 3.62. The highest BCUT2D eigenvalue weighted by atomic mass is 16.6. The monoisotopic (exact) mass is 257 g/mol. The first-order valence-electron chi connectivity index (χ1n) is 6.47. The smallest absolute Gasteiger partial charge is 0.414 e. The fourth-order valence-electron chi connectivity index (χ4n) is 2.66. The van der Waals surface area contributed by atoms with Gasteiger partial charge in [-0.3, -0.25) is 4.90 Å². The van der Waals surface area contributed by atoms with E-state index in [1.165, 1.54) is 0 Å². The third-order valence-corrected chi connectivity index (χ3v) is 3.62. The van der Waals surface area contributed by atoms with Crippen molar-refractivity contribution < 1.29 is 9.53 Å². The highest BCUT2D eigenvalue weighted by Crippen LogP contribution is 2.31. The molecular formula is C14H15N3O2. The minimum absolute atomic E-state index is 0.113. The first kappa shape index (κ1) is 12.0. The molecule has 98 valence electrons. The minimum atomic E-state index is -0.272. The lowest BCUT2D eigenvalue weighted by Gasteiger charge is -2.26. The molecular weight excluding hydrogens is 242 g/mol. The van der Waals surface area contributed by atoms with Gasteiger partial charge in [-0.2, -0.15) is 5.26 Å². The van der Waals surface area contributed by atoms with Crippen LogP contribution < -0.4 is 10.2 Å². The lowest BCUT2D eigenvalue weighted by molar-refractivity contribution is 0.140. The summed E-state index contributed by atoms with van der Waals surface area (Å²) in [5.41, 5.74) is 3.20. The molecule has 1 aromatic rings. The third kappa shape index (κ3) is 2.15. The molecule has 3 rings (SSSR count). The number of rotatable bonds is 2. The van der Waals surface area contributed by atoms with Crippen LogP contribution in [0.2, 0.25) is 0 Å². The summed E-state index contributed by atoms with van der Waals surface area (Å²) in [6, 6.07) is 8.26. The second-order valence-corrected chi connectivity index (χ2v) is 4.80. The number of benzene rings is 1. The van der Waals surface area contributed by atoms with Gasteiger partial charge < -0.3 is 10.1 Å². The average Bonchev–Trinajstić information content (AvgIpc) is 2.82. The van der Waals surface area contributed by atoms with E-state index in [-0.39, 0.29) is 12.1 Å². The SMILES string of the molecule is N#CC[C@H]1NCc2cc(N3CCCOC3=O)ccc21. The number of ether oxygens (including phenoxy) is 1. The Morgan fingerprint density at radius 2 is 2.42 bits per heavy atom. The number of hydrogen-bond donors (Lipinski definition) is 1. The lowest BCUT2D eigenvalue weighted by atomic mass is 10.0. The van der Waals surface area contributed by atoms with Gasteiger partial charge in [0.2, 0.25) is 0 Å². The van der Waals surface area contributed by atoms with Crippen LogP contribution >= 0.6 is 0 Å². The van der Waals surface area contributed by atoms with E-state index in [4.69, 9.17) is 10.00 Å². The summed E-state index contributed by atoms with van der Waals surface area (Å²) in [4.78, 5) is 13.4. The molecule has 0 aromatic heterocycles. The molecule has 5 nitrogen and oxygen atoms in total. The van der Waals surface area contributed by atoms with E-state index in [1.807, 2.05) is 18.2 Å². The number of nitrogens with one attached hydrogen (secondary N) is 1. The molecule has 2 aliphatic heterocycles. The van der Waals surface area contributed by atoms with Crippen LogP contribution in [0.1, 0.15) is 30.0 Å². The fourth-order valence-corrected chi connectivity index (χ4v) is 2.66. The number of anilines is 1. The molecule has 1 aromatic carbocycles. The molecule has 1 N–H and O–H groups in total. The largest absolute Gasteiger partial charge is 0.449 e. The van der Waals surface area contributed by atoms with E-state index < -0.39 is 0 Å². The van der Waals surface area contributed by atoms with Crippen molar-refractivity contribution in [2.45, 2.75) is 25.4 Å². The molecule has 2 aliphatic rings. The molecule has 1 atom stereocenters.